The summed E-state index contributed by atoms with van der Waals surface area (Å²) in [6.07, 6.45) is 3.71. The smallest absolute Gasteiger partial charge is 1.00 e. The normalized spacial score (nSPS) is 16.3. The molecule has 0 bridgehead atoms. The summed E-state index contributed by atoms with van der Waals surface area (Å²) in [5, 5.41) is 1.69. The molecule has 0 nitrogen and oxygen atoms in total. The van der Waals surface area contributed by atoms with E-state index in [0.717, 1.165) is 6.42 Å². The van der Waals surface area contributed by atoms with Crippen LogP contribution in [0.15, 0.2) is 86.9 Å². The van der Waals surface area contributed by atoms with E-state index in [-0.39, 0.29) is 24.8 Å². The summed E-state index contributed by atoms with van der Waals surface area (Å²) in [5.41, 5.74) is 10.4. The second-order valence-corrected chi connectivity index (χ2v) is 21.2. The molecule has 0 saturated carbocycles. The Balaban J connectivity index is 0.00000171. The molecule has 1 atom stereocenters. The molecule has 4 heteroatoms. The van der Waals surface area contributed by atoms with Gasteiger partial charge in [-0.25, -0.2) is 0 Å². The van der Waals surface area contributed by atoms with E-state index in [4.69, 9.17) is 0 Å². The number of benzene rings is 3. The monoisotopic (exact) mass is 594 g/mol. The molecule has 0 fully saturated rings. The van der Waals surface area contributed by atoms with Crippen molar-refractivity contribution in [1.29, 1.82) is 0 Å². The van der Waals surface area contributed by atoms with Crippen molar-refractivity contribution >= 4 is 15.1 Å². The first kappa shape index (κ1) is 28.3. The summed E-state index contributed by atoms with van der Waals surface area (Å²) in [5.74, 6) is 0.558. The fourth-order valence-electron chi connectivity index (χ4n) is 5.74. The van der Waals surface area contributed by atoms with Crippen LogP contribution in [0.1, 0.15) is 36.1 Å². The van der Waals surface area contributed by atoms with Gasteiger partial charge in [-0.1, -0.05) is 0 Å². The minimum atomic E-state index is -2.34. The van der Waals surface area contributed by atoms with Crippen LogP contribution < -0.4 is 28.1 Å². The van der Waals surface area contributed by atoms with Crippen LogP contribution >= 0.6 is 0 Å². The van der Waals surface area contributed by atoms with E-state index in [1.807, 2.05) is 0 Å². The van der Waals surface area contributed by atoms with Crippen molar-refractivity contribution in [3.63, 3.8) is 0 Å². The average Bonchev–Trinajstić information content (AvgIpc) is 3.30. The third kappa shape index (κ3) is 5.37. The van der Waals surface area contributed by atoms with E-state index in [1.165, 1.54) is 27.8 Å². The van der Waals surface area contributed by atoms with Crippen LogP contribution in [-0.2, 0) is 27.7 Å². The van der Waals surface area contributed by atoms with E-state index in [2.05, 4.69) is 117 Å². The maximum Gasteiger partial charge on any atom is -1.00 e. The van der Waals surface area contributed by atoms with Gasteiger partial charge in [0.2, 0.25) is 0 Å². The van der Waals surface area contributed by atoms with Gasteiger partial charge in [0, 0.05) is 0 Å². The number of halogens is 2. The van der Waals surface area contributed by atoms with E-state index >= 15 is 0 Å². The first-order chi connectivity index (χ1) is 15.7. The van der Waals surface area contributed by atoms with Crippen LogP contribution in [0.25, 0.3) is 11.1 Å². The van der Waals surface area contributed by atoms with Crippen molar-refractivity contribution in [2.24, 2.45) is 5.92 Å². The van der Waals surface area contributed by atoms with Crippen LogP contribution in [0.3, 0.4) is 0 Å². The molecule has 2 aliphatic rings. The Hall–Kier alpha value is -1.31. The molecule has 0 aliphatic heterocycles. The summed E-state index contributed by atoms with van der Waals surface area (Å²) >= 11 is -2.34. The first-order valence-corrected chi connectivity index (χ1v) is 19.5. The molecule has 0 N–H and O–H groups in total. The Morgan fingerprint density at radius 2 is 1.49 bits per heavy atom. The summed E-state index contributed by atoms with van der Waals surface area (Å²) < 4.78 is 6.19. The van der Waals surface area contributed by atoms with Crippen LogP contribution in [-0.4, -0.2) is 11.8 Å². The molecule has 0 saturated heterocycles. The molecule has 180 valence electrons. The fraction of sp³-hybridized carbons (Fsp3) is 0.258. The van der Waals surface area contributed by atoms with E-state index in [9.17, 15) is 0 Å². The second-order valence-electron chi connectivity index (χ2n) is 10.8. The Morgan fingerprint density at radius 1 is 0.829 bits per heavy atom. The largest absolute Gasteiger partial charge is 1.00 e. The van der Waals surface area contributed by atoms with Crippen LogP contribution in [0, 0.1) is 12.8 Å². The first-order valence-electron chi connectivity index (χ1n) is 12.2. The zero-order valence-corrected chi connectivity index (χ0v) is 26.5. The molecule has 5 rings (SSSR count). The summed E-state index contributed by atoms with van der Waals surface area (Å²) in [4.78, 5) is 0. The van der Waals surface area contributed by atoms with Crippen LogP contribution in [0.2, 0.25) is 19.6 Å². The van der Waals surface area contributed by atoms with Crippen molar-refractivity contribution in [1.82, 2.24) is 0 Å². The number of hydrogen-bond acceptors (Lipinski definition) is 0. The Bertz CT molecular complexity index is 1340. The Morgan fingerprint density at radius 3 is 2.14 bits per heavy atom. The van der Waals surface area contributed by atoms with Gasteiger partial charge < -0.3 is 24.8 Å². The molecule has 3 aromatic carbocycles. The van der Waals surface area contributed by atoms with Crippen LogP contribution in [0.4, 0.5) is 0 Å². The predicted octanol–water partition coefficient (Wildman–Crippen LogP) is 1.40. The molecule has 0 radical (unpaired) electrons. The van der Waals surface area contributed by atoms with Gasteiger partial charge in [0.1, 0.15) is 0 Å². The van der Waals surface area contributed by atoms with Crippen molar-refractivity contribution in [3.8, 4) is 11.1 Å². The molecular formula is C31H34Cl2SiZr. The van der Waals surface area contributed by atoms with E-state index in [0.29, 0.717) is 5.92 Å². The average molecular weight is 597 g/mol. The number of hydrogen-bond donors (Lipinski definition) is 0. The van der Waals surface area contributed by atoms with Gasteiger partial charge in [-0.05, 0) is 0 Å². The molecule has 0 amide bonds. The van der Waals surface area contributed by atoms with E-state index in [1.54, 1.807) is 22.9 Å². The second kappa shape index (κ2) is 11.0. The predicted molar refractivity (Wildman–Crippen MR) is 144 cm³/mol. The van der Waals surface area contributed by atoms with Gasteiger partial charge >= 0.3 is 209 Å². The minimum absolute atomic E-state index is 0. The topological polar surface area (TPSA) is 0 Å². The molecule has 3 aromatic rings. The molecule has 35 heavy (non-hydrogen) atoms. The Labute approximate surface area is 232 Å². The summed E-state index contributed by atoms with van der Waals surface area (Å²) in [6, 6.07) is 25.4. The van der Waals surface area contributed by atoms with E-state index < -0.39 is 29.3 Å². The standard InChI is InChI=1S/C13H9.C10H17Si.C8H8.2ClH.Zr/c1-3-7-12-10(5-1)9-11-6-2-4-8-13(11)12;1-8-6-9(2)10(7-8)11(3,4)5;1-7-3-5-8(2)6-4-7;;;/h1-5,7-8H,9H2;7-8H,1-5H3;1,3-6H,2H3;2*1H;/q;;;;;+2/p-2. The maximum atomic E-state index is 2.72. The molecule has 0 aromatic heterocycles. The zero-order chi connectivity index (χ0) is 23.3. The number of fused-ring (bicyclic) bond motifs is 3. The van der Waals surface area contributed by atoms with Gasteiger partial charge in [0.05, 0.1) is 0 Å². The summed E-state index contributed by atoms with van der Waals surface area (Å²) in [7, 11) is -1.37. The van der Waals surface area contributed by atoms with Crippen molar-refractivity contribution in [2.75, 3.05) is 0 Å². The third-order valence-electron chi connectivity index (χ3n) is 7.31. The molecule has 0 spiro atoms. The maximum absolute atomic E-state index is 2.72. The summed E-state index contributed by atoms with van der Waals surface area (Å²) in [6.45, 7) is 14.6. The Kier molecular flexibility index (Phi) is 8.86. The molecule has 0 heterocycles. The molecular weight excluding hydrogens is 563 g/mol. The van der Waals surface area contributed by atoms with Gasteiger partial charge in [-0.3, -0.25) is 0 Å². The molecule has 2 aliphatic carbocycles. The zero-order valence-electron chi connectivity index (χ0n) is 21.5. The van der Waals surface area contributed by atoms with Gasteiger partial charge in [0.25, 0.3) is 0 Å². The minimum Gasteiger partial charge on any atom is -1.00 e. The van der Waals surface area contributed by atoms with Crippen molar-refractivity contribution < 1.29 is 46.1 Å². The third-order valence-corrected chi connectivity index (χ3v) is 17.0. The SMILES string of the molecule is CC1=[C](/[Zr+2](=[CH]/c2ccc(C)cc2)[c]2cccc3c2Cc2ccccc2-3)C(C)C=C1[Si](C)(C)C.[Cl-].[Cl-]. The van der Waals surface area contributed by atoms with Crippen molar-refractivity contribution in [3.05, 3.63) is 109 Å². The number of rotatable bonds is 4. The fourth-order valence-corrected chi connectivity index (χ4v) is 15.6. The van der Waals surface area contributed by atoms with Gasteiger partial charge in [0.15, 0.2) is 0 Å². The number of allylic oxidation sites excluding steroid dienone is 4. The van der Waals surface area contributed by atoms with Gasteiger partial charge in [-0.2, -0.15) is 0 Å². The quantitative estimate of drug-likeness (QED) is 0.313. The van der Waals surface area contributed by atoms with Crippen molar-refractivity contribution in [2.45, 2.75) is 46.8 Å². The molecule has 1 unspecified atom stereocenters. The van der Waals surface area contributed by atoms with Gasteiger partial charge in [-0.15, -0.1) is 0 Å². The van der Waals surface area contributed by atoms with Crippen LogP contribution in [0.5, 0.6) is 0 Å². The number of aryl methyl sites for hydroxylation is 1.